The molecule has 1 N–H and O–H groups in total. The molecule has 1 aromatic carbocycles. The second-order valence-corrected chi connectivity index (χ2v) is 11.9. The van der Waals surface area contributed by atoms with E-state index in [4.69, 9.17) is 0 Å². The van der Waals surface area contributed by atoms with E-state index in [-0.39, 0.29) is 22.9 Å². The van der Waals surface area contributed by atoms with Crippen LogP contribution in [-0.2, 0) is 4.79 Å². The molecule has 2 atom stereocenters. The first kappa shape index (κ1) is 20.4. The van der Waals surface area contributed by atoms with Crippen LogP contribution in [-0.4, -0.2) is 21.7 Å². The van der Waals surface area contributed by atoms with Gasteiger partial charge in [-0.3, -0.25) is 9.59 Å². The molecule has 168 valence electrons. The summed E-state index contributed by atoms with van der Waals surface area (Å²) >= 11 is 1.60. The number of aryl methyl sites for hydroxylation is 1. The largest absolute Gasteiger partial charge is 0.351 e. The summed E-state index contributed by atoms with van der Waals surface area (Å²) in [6.07, 6.45) is 7.92. The van der Waals surface area contributed by atoms with Crippen LogP contribution >= 0.6 is 11.3 Å². The summed E-state index contributed by atoms with van der Waals surface area (Å²) in [5, 5.41) is 9.53. The van der Waals surface area contributed by atoms with Gasteiger partial charge >= 0.3 is 0 Å². The highest BCUT2D eigenvalue weighted by molar-refractivity contribution is 7.26. The van der Waals surface area contributed by atoms with Crippen molar-refractivity contribution in [3.8, 4) is 0 Å². The molecule has 3 aromatic rings. The van der Waals surface area contributed by atoms with Crippen molar-refractivity contribution < 1.29 is 4.79 Å². The zero-order valence-electron chi connectivity index (χ0n) is 19.1. The average Bonchev–Trinajstić information content (AvgIpc) is 3.15. The number of carbonyl (C=O) groups is 1. The first-order chi connectivity index (χ1) is 15.3. The number of carbonyl (C=O) groups excluding carboxylic acids is 1. The Balaban J connectivity index is 1.30. The number of hydrogen-bond acceptors (Lipinski definition) is 4. The Hall–Kier alpha value is -2.21. The highest BCUT2D eigenvalue weighted by atomic mass is 32.1. The minimum Gasteiger partial charge on any atom is -0.351 e. The lowest BCUT2D eigenvalue weighted by molar-refractivity contribution is -0.129. The minimum absolute atomic E-state index is 0.0962. The van der Waals surface area contributed by atoms with Crippen LogP contribution in [0.3, 0.4) is 0 Å². The summed E-state index contributed by atoms with van der Waals surface area (Å²) in [4.78, 5) is 26.8. The number of amides is 1. The molecular formula is C26H31N3O2S. The van der Waals surface area contributed by atoms with Gasteiger partial charge in [0, 0.05) is 16.1 Å². The van der Waals surface area contributed by atoms with E-state index < -0.39 is 6.04 Å². The van der Waals surface area contributed by atoms with Gasteiger partial charge in [-0.05, 0) is 88.5 Å². The van der Waals surface area contributed by atoms with Crippen molar-refractivity contribution in [3.63, 3.8) is 0 Å². The summed E-state index contributed by atoms with van der Waals surface area (Å²) in [7, 11) is 0. The lowest BCUT2D eigenvalue weighted by atomic mass is 9.48. The Morgan fingerprint density at radius 2 is 1.75 bits per heavy atom. The van der Waals surface area contributed by atoms with Gasteiger partial charge in [-0.1, -0.05) is 18.2 Å². The summed E-state index contributed by atoms with van der Waals surface area (Å²) in [5.74, 6) is 2.44. The van der Waals surface area contributed by atoms with Crippen LogP contribution in [0, 0.1) is 30.1 Å². The fraction of sp³-hybridized carbons (Fsp3) is 0.577. The van der Waals surface area contributed by atoms with Gasteiger partial charge in [0.05, 0.1) is 15.8 Å². The molecule has 0 radical (unpaired) electrons. The van der Waals surface area contributed by atoms with E-state index in [0.717, 1.165) is 38.2 Å². The zero-order chi connectivity index (χ0) is 22.2. The van der Waals surface area contributed by atoms with Gasteiger partial charge in [-0.15, -0.1) is 11.3 Å². The van der Waals surface area contributed by atoms with Crippen LogP contribution in [0.2, 0.25) is 0 Å². The molecule has 1 amide bonds. The topological polar surface area (TPSA) is 64.0 Å². The third kappa shape index (κ3) is 2.98. The molecule has 0 aliphatic heterocycles. The number of benzene rings is 1. The van der Waals surface area contributed by atoms with Crippen molar-refractivity contribution in [1.29, 1.82) is 0 Å². The SMILES string of the molecule is Cc1nn(C(C)C(=O)NC(C)C23CC4CC(CC(C4)C2)C3)c(=O)c2c1sc1ccccc12. The Kier molecular flexibility index (Phi) is 4.55. The normalized spacial score (nSPS) is 30.7. The molecule has 4 aliphatic carbocycles. The molecule has 5 nitrogen and oxygen atoms in total. The number of nitrogens with one attached hydrogen (secondary N) is 1. The smallest absolute Gasteiger partial charge is 0.276 e. The standard InChI is InChI=1S/C26H31N3O2S/c1-14-23-22(20-6-4-5-7-21(20)32-23)25(31)29(28-14)15(2)24(30)27-16(3)26-11-17-8-18(12-26)10-19(9-17)13-26/h4-7,15-19H,8-13H2,1-3H3,(H,27,30). The molecule has 32 heavy (non-hydrogen) atoms. The van der Waals surface area contributed by atoms with Crippen molar-refractivity contribution in [3.05, 3.63) is 40.3 Å². The molecule has 7 rings (SSSR count). The van der Waals surface area contributed by atoms with Gasteiger partial charge in [0.15, 0.2) is 0 Å². The Bertz CT molecular complexity index is 1250. The van der Waals surface area contributed by atoms with Gasteiger partial charge in [0.25, 0.3) is 5.56 Å². The number of fused-ring (bicyclic) bond motifs is 3. The summed E-state index contributed by atoms with van der Waals surface area (Å²) in [6.45, 7) is 5.92. The maximum absolute atomic E-state index is 13.4. The first-order valence-electron chi connectivity index (χ1n) is 12.1. The Labute approximate surface area is 192 Å². The van der Waals surface area contributed by atoms with E-state index in [2.05, 4.69) is 17.3 Å². The molecule has 4 bridgehead atoms. The summed E-state index contributed by atoms with van der Waals surface area (Å²) in [5.41, 5.74) is 0.870. The summed E-state index contributed by atoms with van der Waals surface area (Å²) < 4.78 is 3.40. The average molecular weight is 450 g/mol. The van der Waals surface area contributed by atoms with E-state index in [0.29, 0.717) is 5.39 Å². The van der Waals surface area contributed by atoms with Crippen LogP contribution in [0.1, 0.15) is 64.1 Å². The lowest BCUT2D eigenvalue weighted by Crippen LogP contribution is -2.56. The molecule has 2 unspecified atom stereocenters. The van der Waals surface area contributed by atoms with Gasteiger partial charge in [0.1, 0.15) is 6.04 Å². The fourth-order valence-electron chi connectivity index (χ4n) is 7.45. The molecule has 6 heteroatoms. The first-order valence-corrected chi connectivity index (χ1v) is 12.9. The zero-order valence-corrected chi connectivity index (χ0v) is 19.9. The van der Waals surface area contributed by atoms with Crippen LogP contribution in [0.15, 0.2) is 29.1 Å². The molecule has 2 heterocycles. The van der Waals surface area contributed by atoms with Crippen molar-refractivity contribution in [2.24, 2.45) is 23.2 Å². The highest BCUT2D eigenvalue weighted by Crippen LogP contribution is 2.61. The number of nitrogens with zero attached hydrogens (tertiary/aromatic N) is 2. The maximum Gasteiger partial charge on any atom is 0.276 e. The van der Waals surface area contributed by atoms with Crippen molar-refractivity contribution >= 4 is 37.4 Å². The maximum atomic E-state index is 13.4. The van der Waals surface area contributed by atoms with E-state index >= 15 is 0 Å². The number of thiophene rings is 1. The molecule has 2 aromatic heterocycles. The van der Waals surface area contributed by atoms with E-state index in [9.17, 15) is 9.59 Å². The molecular weight excluding hydrogens is 418 g/mol. The van der Waals surface area contributed by atoms with Crippen LogP contribution in [0.25, 0.3) is 20.2 Å². The lowest BCUT2D eigenvalue weighted by Gasteiger charge is -2.59. The number of rotatable bonds is 4. The van der Waals surface area contributed by atoms with Gasteiger partial charge in [0.2, 0.25) is 5.91 Å². The molecule has 4 aliphatic rings. The van der Waals surface area contributed by atoms with Crippen LogP contribution in [0.4, 0.5) is 0 Å². The predicted molar refractivity (Wildman–Crippen MR) is 129 cm³/mol. The van der Waals surface area contributed by atoms with Crippen molar-refractivity contribution in [2.75, 3.05) is 0 Å². The highest BCUT2D eigenvalue weighted by Gasteiger charge is 2.53. The van der Waals surface area contributed by atoms with E-state index in [1.165, 1.54) is 43.2 Å². The Morgan fingerprint density at radius 1 is 1.12 bits per heavy atom. The third-order valence-corrected chi connectivity index (χ3v) is 9.99. The van der Waals surface area contributed by atoms with Crippen molar-refractivity contribution in [1.82, 2.24) is 15.1 Å². The van der Waals surface area contributed by atoms with E-state index in [1.807, 2.05) is 31.2 Å². The molecule has 0 spiro atoms. The Morgan fingerprint density at radius 3 is 2.41 bits per heavy atom. The van der Waals surface area contributed by atoms with E-state index in [1.54, 1.807) is 18.3 Å². The quantitative estimate of drug-likeness (QED) is 0.595. The second kappa shape index (κ2) is 7.14. The molecule has 4 saturated carbocycles. The van der Waals surface area contributed by atoms with Crippen LogP contribution < -0.4 is 10.9 Å². The monoisotopic (exact) mass is 449 g/mol. The van der Waals surface area contributed by atoms with Gasteiger partial charge in [-0.2, -0.15) is 5.10 Å². The molecule has 4 fully saturated rings. The number of hydrogen-bond donors (Lipinski definition) is 1. The predicted octanol–water partition coefficient (Wildman–Crippen LogP) is 5.20. The minimum atomic E-state index is -0.638. The number of aromatic nitrogens is 2. The van der Waals surface area contributed by atoms with Gasteiger partial charge in [-0.25, -0.2) is 4.68 Å². The third-order valence-electron chi connectivity index (χ3n) is 8.71. The van der Waals surface area contributed by atoms with Crippen molar-refractivity contribution in [2.45, 2.75) is 71.4 Å². The fourth-order valence-corrected chi connectivity index (χ4v) is 8.58. The summed E-state index contributed by atoms with van der Waals surface area (Å²) in [6, 6.07) is 7.46. The van der Waals surface area contributed by atoms with Gasteiger partial charge < -0.3 is 5.32 Å². The second-order valence-electron chi connectivity index (χ2n) is 10.8. The van der Waals surface area contributed by atoms with Crippen LogP contribution in [0.5, 0.6) is 0 Å². The molecule has 0 saturated heterocycles.